The fourth-order valence-corrected chi connectivity index (χ4v) is 1.77. The molecule has 0 aliphatic rings. The average molecular weight is 295 g/mol. The molecule has 8 heteroatoms. The Bertz CT molecular complexity index is 571. The molecule has 0 saturated heterocycles. The first-order valence-corrected chi connectivity index (χ1v) is 6.62. The Hall–Kier alpha value is -1.99. The highest BCUT2D eigenvalue weighted by atomic mass is 35.5. The van der Waals surface area contributed by atoms with Crippen molar-refractivity contribution in [2.45, 2.75) is 13.3 Å². The predicted octanol–water partition coefficient (Wildman–Crippen LogP) is 1.25. The number of benzene rings is 1. The van der Waals surface area contributed by atoms with E-state index in [-0.39, 0.29) is 12.5 Å². The molecule has 2 aromatic rings. The van der Waals surface area contributed by atoms with E-state index in [0.717, 1.165) is 18.7 Å². The summed E-state index contributed by atoms with van der Waals surface area (Å²) in [6, 6.07) is 5.17. The van der Waals surface area contributed by atoms with Crippen molar-refractivity contribution in [2.24, 2.45) is 0 Å². The van der Waals surface area contributed by atoms with Gasteiger partial charge in [0.05, 0.1) is 22.9 Å². The van der Waals surface area contributed by atoms with Gasteiger partial charge in [0, 0.05) is 0 Å². The molecule has 0 aliphatic carbocycles. The minimum atomic E-state index is -0.144. The second kappa shape index (κ2) is 6.97. The van der Waals surface area contributed by atoms with Crippen molar-refractivity contribution in [3.05, 3.63) is 29.5 Å². The van der Waals surface area contributed by atoms with Crippen LogP contribution < -0.4 is 10.6 Å². The van der Waals surface area contributed by atoms with Crippen molar-refractivity contribution in [2.75, 3.05) is 18.4 Å². The maximum absolute atomic E-state index is 11.8. The number of tetrazole rings is 1. The normalized spacial score (nSPS) is 10.5. The Balaban J connectivity index is 2.07. The van der Waals surface area contributed by atoms with Gasteiger partial charge in [-0.2, -0.15) is 0 Å². The lowest BCUT2D eigenvalue weighted by molar-refractivity contribution is -0.115. The van der Waals surface area contributed by atoms with E-state index in [0.29, 0.717) is 10.7 Å². The number of anilines is 1. The third-order valence-corrected chi connectivity index (χ3v) is 2.88. The van der Waals surface area contributed by atoms with Crippen LogP contribution >= 0.6 is 11.6 Å². The van der Waals surface area contributed by atoms with Crippen LogP contribution in [0.1, 0.15) is 13.3 Å². The van der Waals surface area contributed by atoms with Crippen LogP contribution in [0.2, 0.25) is 5.02 Å². The van der Waals surface area contributed by atoms with Crippen molar-refractivity contribution in [1.82, 2.24) is 25.5 Å². The molecule has 20 heavy (non-hydrogen) atoms. The summed E-state index contributed by atoms with van der Waals surface area (Å²) in [4.78, 5) is 11.8. The maximum Gasteiger partial charge on any atom is 0.238 e. The van der Waals surface area contributed by atoms with Gasteiger partial charge in [-0.25, -0.2) is 4.68 Å². The summed E-state index contributed by atoms with van der Waals surface area (Å²) in [6.45, 7) is 3.09. The van der Waals surface area contributed by atoms with Gasteiger partial charge in [-0.15, -0.1) is 5.10 Å². The Morgan fingerprint density at radius 1 is 1.45 bits per heavy atom. The van der Waals surface area contributed by atoms with Gasteiger partial charge in [0.15, 0.2) is 0 Å². The zero-order valence-corrected chi connectivity index (χ0v) is 11.8. The molecule has 0 atom stereocenters. The second-order valence-electron chi connectivity index (χ2n) is 4.14. The number of rotatable bonds is 6. The highest BCUT2D eigenvalue weighted by Gasteiger charge is 2.08. The van der Waals surface area contributed by atoms with Gasteiger partial charge in [0.25, 0.3) is 0 Å². The Kier molecular flexibility index (Phi) is 5.03. The zero-order chi connectivity index (χ0) is 14.4. The molecule has 0 radical (unpaired) electrons. The number of amides is 1. The Morgan fingerprint density at radius 2 is 2.30 bits per heavy atom. The van der Waals surface area contributed by atoms with E-state index in [1.807, 2.05) is 6.92 Å². The zero-order valence-electron chi connectivity index (χ0n) is 11.0. The van der Waals surface area contributed by atoms with E-state index < -0.39 is 0 Å². The Morgan fingerprint density at radius 3 is 3.00 bits per heavy atom. The number of aromatic nitrogens is 4. The number of carbonyl (C=O) groups is 1. The summed E-state index contributed by atoms with van der Waals surface area (Å²) in [5, 5.41) is 17.2. The third-order valence-electron chi connectivity index (χ3n) is 2.55. The number of halogens is 1. The van der Waals surface area contributed by atoms with E-state index >= 15 is 0 Å². The van der Waals surface area contributed by atoms with Gasteiger partial charge < -0.3 is 10.6 Å². The van der Waals surface area contributed by atoms with E-state index in [1.165, 1.54) is 11.0 Å². The number of hydrogen-bond donors (Lipinski definition) is 2. The summed E-state index contributed by atoms with van der Waals surface area (Å²) in [5.41, 5.74) is 1.25. The molecular weight excluding hydrogens is 280 g/mol. The molecule has 1 heterocycles. The van der Waals surface area contributed by atoms with E-state index in [4.69, 9.17) is 11.6 Å². The van der Waals surface area contributed by atoms with Crippen LogP contribution in [0.5, 0.6) is 0 Å². The molecule has 0 fully saturated rings. The van der Waals surface area contributed by atoms with Crippen molar-refractivity contribution >= 4 is 23.2 Å². The van der Waals surface area contributed by atoms with Gasteiger partial charge in [0.1, 0.15) is 6.33 Å². The van der Waals surface area contributed by atoms with Gasteiger partial charge in [0.2, 0.25) is 5.91 Å². The highest BCUT2D eigenvalue weighted by molar-refractivity contribution is 6.33. The smallest absolute Gasteiger partial charge is 0.238 e. The van der Waals surface area contributed by atoms with Crippen LogP contribution in [0, 0.1) is 0 Å². The lowest BCUT2D eigenvalue weighted by Gasteiger charge is -2.09. The molecule has 1 aromatic carbocycles. The SMILES string of the molecule is CCCNCC(=O)Nc1cc(-n2cnnn2)ccc1Cl. The van der Waals surface area contributed by atoms with Crippen LogP contribution in [0.3, 0.4) is 0 Å². The lowest BCUT2D eigenvalue weighted by Crippen LogP contribution is -2.28. The van der Waals surface area contributed by atoms with E-state index in [1.54, 1.807) is 18.2 Å². The molecule has 0 unspecified atom stereocenters. The standard InChI is InChI=1S/C12H15ClN6O/c1-2-5-14-7-12(20)16-11-6-9(3-4-10(11)13)19-8-15-17-18-19/h3-4,6,8,14H,2,5,7H2,1H3,(H,16,20). The number of nitrogens with zero attached hydrogens (tertiary/aromatic N) is 4. The molecule has 0 bridgehead atoms. The molecule has 0 saturated carbocycles. The molecule has 0 aliphatic heterocycles. The van der Waals surface area contributed by atoms with E-state index in [2.05, 4.69) is 26.2 Å². The largest absolute Gasteiger partial charge is 0.324 e. The summed E-state index contributed by atoms with van der Waals surface area (Å²) in [6.07, 6.45) is 2.44. The third kappa shape index (κ3) is 3.75. The van der Waals surface area contributed by atoms with E-state index in [9.17, 15) is 4.79 Å². The number of hydrogen-bond acceptors (Lipinski definition) is 5. The molecule has 106 valence electrons. The van der Waals surface area contributed by atoms with Crippen molar-refractivity contribution in [1.29, 1.82) is 0 Å². The molecule has 2 rings (SSSR count). The van der Waals surface area contributed by atoms with Gasteiger partial charge >= 0.3 is 0 Å². The first kappa shape index (κ1) is 14.4. The van der Waals surface area contributed by atoms with Gasteiger partial charge in [-0.1, -0.05) is 18.5 Å². The lowest BCUT2D eigenvalue weighted by atomic mass is 10.2. The van der Waals surface area contributed by atoms with Crippen LogP contribution in [0.4, 0.5) is 5.69 Å². The van der Waals surface area contributed by atoms with Gasteiger partial charge in [-0.3, -0.25) is 4.79 Å². The average Bonchev–Trinajstić information content (AvgIpc) is 2.95. The fraction of sp³-hybridized carbons (Fsp3) is 0.333. The molecule has 0 spiro atoms. The quantitative estimate of drug-likeness (QED) is 0.783. The topological polar surface area (TPSA) is 84.7 Å². The number of nitrogens with one attached hydrogen (secondary N) is 2. The van der Waals surface area contributed by atoms with Crippen LogP contribution in [-0.4, -0.2) is 39.2 Å². The van der Waals surface area contributed by atoms with Crippen LogP contribution in [0.15, 0.2) is 24.5 Å². The maximum atomic E-state index is 11.8. The minimum absolute atomic E-state index is 0.144. The molecule has 1 aromatic heterocycles. The van der Waals surface area contributed by atoms with Crippen molar-refractivity contribution in [3.8, 4) is 5.69 Å². The molecule has 2 N–H and O–H groups in total. The summed E-state index contributed by atoms with van der Waals surface area (Å²) in [7, 11) is 0. The fourth-order valence-electron chi connectivity index (χ4n) is 1.60. The summed E-state index contributed by atoms with van der Waals surface area (Å²) >= 11 is 6.07. The van der Waals surface area contributed by atoms with Crippen LogP contribution in [-0.2, 0) is 4.79 Å². The highest BCUT2D eigenvalue weighted by Crippen LogP contribution is 2.24. The number of carbonyl (C=O) groups excluding carboxylic acids is 1. The van der Waals surface area contributed by atoms with Gasteiger partial charge in [-0.05, 0) is 41.6 Å². The van der Waals surface area contributed by atoms with Crippen LogP contribution in [0.25, 0.3) is 5.69 Å². The monoisotopic (exact) mass is 294 g/mol. The van der Waals surface area contributed by atoms with Crippen molar-refractivity contribution < 1.29 is 4.79 Å². The Labute approximate surface area is 121 Å². The predicted molar refractivity (Wildman–Crippen MR) is 76.0 cm³/mol. The molecular formula is C12H15ClN6O. The molecule has 1 amide bonds. The first-order valence-electron chi connectivity index (χ1n) is 6.24. The first-order chi connectivity index (χ1) is 9.70. The van der Waals surface area contributed by atoms with Crippen molar-refractivity contribution in [3.63, 3.8) is 0 Å². The summed E-state index contributed by atoms with van der Waals surface area (Å²) < 4.78 is 1.49. The second-order valence-corrected chi connectivity index (χ2v) is 4.55. The summed E-state index contributed by atoms with van der Waals surface area (Å²) in [5.74, 6) is -0.144. The molecule has 7 nitrogen and oxygen atoms in total. The minimum Gasteiger partial charge on any atom is -0.324 e.